The lowest BCUT2D eigenvalue weighted by Gasteiger charge is -2.31. The second kappa shape index (κ2) is 10.4. The summed E-state index contributed by atoms with van der Waals surface area (Å²) in [5, 5.41) is 15.4. The van der Waals surface area contributed by atoms with Gasteiger partial charge in [-0.25, -0.2) is 4.99 Å². The molecule has 7 heteroatoms. The van der Waals surface area contributed by atoms with Gasteiger partial charge in [0.15, 0.2) is 11.8 Å². The SMILES string of the molecule is COCCCNC(=NCc1nnc(C)n1C)NCC1(c2ccccc2)CCCC1. The molecular weight excluding hydrogens is 364 g/mol. The number of methoxy groups -OCH3 is 1. The number of ether oxygens (including phenoxy) is 1. The highest BCUT2D eigenvalue weighted by molar-refractivity contribution is 5.79. The molecule has 1 aliphatic rings. The maximum atomic E-state index is 5.16. The van der Waals surface area contributed by atoms with Gasteiger partial charge in [0, 0.05) is 39.3 Å². The summed E-state index contributed by atoms with van der Waals surface area (Å²) in [6.07, 6.45) is 5.92. The van der Waals surface area contributed by atoms with Gasteiger partial charge in [0.2, 0.25) is 0 Å². The highest BCUT2D eigenvalue weighted by Gasteiger charge is 2.35. The third-order valence-corrected chi connectivity index (χ3v) is 5.92. The quantitative estimate of drug-likeness (QED) is 0.386. The van der Waals surface area contributed by atoms with Gasteiger partial charge in [0.1, 0.15) is 12.4 Å². The van der Waals surface area contributed by atoms with Crippen molar-refractivity contribution in [3.63, 3.8) is 0 Å². The highest BCUT2D eigenvalue weighted by atomic mass is 16.5. The standard InChI is InChI=1S/C22H34N6O/c1-18-26-27-20(28(18)2)16-24-21(23-14-9-15-29-3)25-17-22(12-7-8-13-22)19-10-5-4-6-11-19/h4-6,10-11H,7-9,12-17H2,1-3H3,(H2,23,24,25). The molecule has 1 fully saturated rings. The summed E-state index contributed by atoms with van der Waals surface area (Å²) in [5.74, 6) is 2.58. The van der Waals surface area contributed by atoms with E-state index in [1.165, 1.54) is 31.2 Å². The highest BCUT2D eigenvalue weighted by Crippen LogP contribution is 2.40. The molecule has 0 spiro atoms. The third-order valence-electron chi connectivity index (χ3n) is 5.92. The monoisotopic (exact) mass is 398 g/mol. The number of guanidine groups is 1. The fourth-order valence-electron chi connectivity index (χ4n) is 4.00. The number of aryl methyl sites for hydroxylation is 1. The van der Waals surface area contributed by atoms with Gasteiger partial charge in [-0.2, -0.15) is 0 Å². The van der Waals surface area contributed by atoms with Gasteiger partial charge in [-0.3, -0.25) is 0 Å². The first-order valence-electron chi connectivity index (χ1n) is 10.6. The molecule has 1 saturated carbocycles. The average Bonchev–Trinajstić information content (AvgIpc) is 3.36. The Morgan fingerprint density at radius 1 is 1.17 bits per heavy atom. The lowest BCUT2D eigenvalue weighted by Crippen LogP contribution is -2.45. The fraction of sp³-hybridized carbons (Fsp3) is 0.591. The molecule has 0 amide bonds. The van der Waals surface area contributed by atoms with E-state index in [-0.39, 0.29) is 5.41 Å². The number of nitrogens with one attached hydrogen (secondary N) is 2. The number of benzene rings is 1. The zero-order valence-electron chi connectivity index (χ0n) is 17.9. The number of rotatable bonds is 9. The van der Waals surface area contributed by atoms with Gasteiger partial charge < -0.3 is 19.9 Å². The Bertz CT molecular complexity index is 780. The minimum absolute atomic E-state index is 0.178. The Labute approximate surface area is 174 Å². The van der Waals surface area contributed by atoms with Gasteiger partial charge in [-0.05, 0) is 31.7 Å². The largest absolute Gasteiger partial charge is 0.385 e. The van der Waals surface area contributed by atoms with Crippen molar-refractivity contribution in [2.75, 3.05) is 26.8 Å². The fourth-order valence-corrected chi connectivity index (χ4v) is 4.00. The smallest absolute Gasteiger partial charge is 0.191 e. The van der Waals surface area contributed by atoms with Gasteiger partial charge in [0.05, 0.1) is 0 Å². The van der Waals surface area contributed by atoms with Crippen LogP contribution in [0.5, 0.6) is 0 Å². The third kappa shape index (κ3) is 5.56. The summed E-state index contributed by atoms with van der Waals surface area (Å²) in [5.41, 5.74) is 1.60. The summed E-state index contributed by atoms with van der Waals surface area (Å²) in [4.78, 5) is 4.78. The molecule has 2 aromatic rings. The zero-order valence-corrected chi connectivity index (χ0v) is 17.9. The Balaban J connectivity index is 1.69. The molecule has 2 N–H and O–H groups in total. The summed E-state index contributed by atoms with van der Waals surface area (Å²) in [7, 11) is 3.70. The first kappa shape index (κ1) is 21.3. The van der Waals surface area contributed by atoms with Crippen molar-refractivity contribution in [3.05, 3.63) is 47.5 Å². The molecule has 0 saturated heterocycles. The van der Waals surface area contributed by atoms with Crippen molar-refractivity contribution in [2.45, 2.75) is 51.0 Å². The predicted molar refractivity (Wildman–Crippen MR) is 116 cm³/mol. The van der Waals surface area contributed by atoms with E-state index < -0.39 is 0 Å². The van der Waals surface area contributed by atoms with Crippen LogP contribution >= 0.6 is 0 Å². The second-order valence-electron chi connectivity index (χ2n) is 7.87. The molecular formula is C22H34N6O. The van der Waals surface area contributed by atoms with Crippen molar-refractivity contribution < 1.29 is 4.74 Å². The number of aliphatic imine (C=N–C) groups is 1. The average molecular weight is 399 g/mol. The molecule has 3 rings (SSSR count). The number of hydrogen-bond acceptors (Lipinski definition) is 4. The predicted octanol–water partition coefficient (Wildman–Crippen LogP) is 2.71. The van der Waals surface area contributed by atoms with Gasteiger partial charge in [0.25, 0.3) is 0 Å². The van der Waals surface area contributed by atoms with E-state index in [9.17, 15) is 0 Å². The lowest BCUT2D eigenvalue weighted by molar-refractivity contribution is 0.195. The van der Waals surface area contributed by atoms with E-state index in [1.807, 2.05) is 18.5 Å². The first-order chi connectivity index (χ1) is 14.1. The normalized spacial score (nSPS) is 16.2. The van der Waals surface area contributed by atoms with Gasteiger partial charge in [-0.15, -0.1) is 10.2 Å². The first-order valence-corrected chi connectivity index (χ1v) is 10.6. The molecule has 1 heterocycles. The van der Waals surface area contributed by atoms with Crippen LogP contribution in [-0.4, -0.2) is 47.5 Å². The van der Waals surface area contributed by atoms with Crippen LogP contribution in [0.2, 0.25) is 0 Å². The van der Waals surface area contributed by atoms with Crippen LogP contribution in [0, 0.1) is 6.92 Å². The van der Waals surface area contributed by atoms with Crippen molar-refractivity contribution in [2.24, 2.45) is 12.0 Å². The minimum atomic E-state index is 0.178. The van der Waals surface area contributed by atoms with Crippen LogP contribution in [0.25, 0.3) is 0 Å². The molecule has 1 aromatic carbocycles. The Kier molecular flexibility index (Phi) is 7.63. The van der Waals surface area contributed by atoms with Gasteiger partial charge >= 0.3 is 0 Å². The van der Waals surface area contributed by atoms with E-state index in [1.54, 1.807) is 7.11 Å². The number of nitrogens with zero attached hydrogens (tertiary/aromatic N) is 4. The van der Waals surface area contributed by atoms with E-state index in [2.05, 4.69) is 51.2 Å². The summed E-state index contributed by atoms with van der Waals surface area (Å²) in [6.45, 7) is 4.87. The van der Waals surface area contributed by atoms with Gasteiger partial charge in [-0.1, -0.05) is 43.2 Å². The van der Waals surface area contributed by atoms with Crippen LogP contribution in [-0.2, 0) is 23.7 Å². The van der Waals surface area contributed by atoms with Crippen LogP contribution in [0.3, 0.4) is 0 Å². The molecule has 0 bridgehead atoms. The molecule has 0 atom stereocenters. The molecule has 1 aliphatic carbocycles. The van der Waals surface area contributed by atoms with Crippen molar-refractivity contribution in [1.29, 1.82) is 0 Å². The van der Waals surface area contributed by atoms with E-state index in [0.717, 1.165) is 43.7 Å². The molecule has 1 aromatic heterocycles. The lowest BCUT2D eigenvalue weighted by atomic mass is 9.79. The summed E-state index contributed by atoms with van der Waals surface area (Å²) < 4.78 is 7.15. The van der Waals surface area contributed by atoms with Crippen LogP contribution in [0.1, 0.15) is 49.3 Å². The molecule has 0 aliphatic heterocycles. The zero-order chi connectivity index (χ0) is 20.5. The Morgan fingerprint density at radius 3 is 2.59 bits per heavy atom. The molecule has 0 radical (unpaired) electrons. The van der Waals surface area contributed by atoms with E-state index in [4.69, 9.17) is 9.73 Å². The van der Waals surface area contributed by atoms with E-state index in [0.29, 0.717) is 6.54 Å². The van der Waals surface area contributed by atoms with Crippen LogP contribution in [0.4, 0.5) is 0 Å². The number of hydrogen-bond donors (Lipinski definition) is 2. The summed E-state index contributed by atoms with van der Waals surface area (Å²) in [6, 6.07) is 10.9. The second-order valence-corrected chi connectivity index (χ2v) is 7.87. The molecule has 29 heavy (non-hydrogen) atoms. The summed E-state index contributed by atoms with van der Waals surface area (Å²) >= 11 is 0. The maximum absolute atomic E-state index is 5.16. The van der Waals surface area contributed by atoms with E-state index >= 15 is 0 Å². The molecule has 7 nitrogen and oxygen atoms in total. The molecule has 158 valence electrons. The maximum Gasteiger partial charge on any atom is 0.191 e. The van der Waals surface area contributed by atoms with Crippen LogP contribution in [0.15, 0.2) is 35.3 Å². The number of aromatic nitrogens is 3. The Morgan fingerprint density at radius 2 is 1.93 bits per heavy atom. The van der Waals surface area contributed by atoms with Crippen LogP contribution < -0.4 is 10.6 Å². The topological polar surface area (TPSA) is 76.4 Å². The van der Waals surface area contributed by atoms with Crippen molar-refractivity contribution in [1.82, 2.24) is 25.4 Å². The van der Waals surface area contributed by atoms with Crippen molar-refractivity contribution >= 4 is 5.96 Å². The molecule has 0 unspecified atom stereocenters. The minimum Gasteiger partial charge on any atom is -0.385 e. The van der Waals surface area contributed by atoms with Crippen molar-refractivity contribution in [3.8, 4) is 0 Å². The Hall–Kier alpha value is -2.41.